The third kappa shape index (κ3) is 5.06. The maximum absolute atomic E-state index is 9.77. The molecule has 0 spiro atoms. The molecule has 2 atom stereocenters. The van der Waals surface area contributed by atoms with Gasteiger partial charge in [0.15, 0.2) is 12.0 Å². The lowest BCUT2D eigenvalue weighted by atomic mass is 9.92. The summed E-state index contributed by atoms with van der Waals surface area (Å²) in [7, 11) is 0. The fourth-order valence-electron chi connectivity index (χ4n) is 1.55. The van der Waals surface area contributed by atoms with Gasteiger partial charge in [-0.3, -0.25) is 4.79 Å². The van der Waals surface area contributed by atoms with E-state index in [1.54, 1.807) is 12.1 Å². The molecule has 1 fully saturated rings. The van der Waals surface area contributed by atoms with E-state index in [9.17, 15) is 4.79 Å². The fourth-order valence-corrected chi connectivity index (χ4v) is 1.55. The Labute approximate surface area is 95.8 Å². The standard InChI is InChI=1S/C6H14N2.C5H4O2.H3N/c7-5-3-1-2-4-6(5)8;6-4-5-2-1-3-7-5;/h5-6H,1-4,7-8H2;1-4H;1H3. The van der Waals surface area contributed by atoms with Crippen molar-refractivity contribution in [2.45, 2.75) is 37.8 Å². The monoisotopic (exact) mass is 227 g/mol. The molecule has 5 heteroatoms. The molecule has 2 unspecified atom stereocenters. The van der Waals surface area contributed by atoms with E-state index in [1.807, 2.05) is 0 Å². The van der Waals surface area contributed by atoms with Crippen molar-refractivity contribution in [1.29, 1.82) is 0 Å². The van der Waals surface area contributed by atoms with Gasteiger partial charge in [0.25, 0.3) is 0 Å². The summed E-state index contributed by atoms with van der Waals surface area (Å²) in [6, 6.07) is 3.84. The van der Waals surface area contributed by atoms with E-state index < -0.39 is 0 Å². The predicted octanol–water partition coefficient (Wildman–Crippen LogP) is 1.47. The molecule has 1 aromatic rings. The van der Waals surface area contributed by atoms with E-state index in [0.717, 1.165) is 12.8 Å². The minimum atomic E-state index is 0. The number of carbonyl (C=O) groups is 1. The molecule has 92 valence electrons. The van der Waals surface area contributed by atoms with Crippen LogP contribution in [0.3, 0.4) is 0 Å². The van der Waals surface area contributed by atoms with E-state index in [2.05, 4.69) is 4.42 Å². The SMILES string of the molecule is N.NC1CCCCC1N.O=Cc1ccco1. The molecular weight excluding hydrogens is 206 g/mol. The van der Waals surface area contributed by atoms with Crippen LogP contribution in [0, 0.1) is 0 Å². The van der Waals surface area contributed by atoms with Crippen LogP contribution in [0.15, 0.2) is 22.8 Å². The Bertz CT molecular complexity index is 265. The van der Waals surface area contributed by atoms with Crippen molar-refractivity contribution in [3.05, 3.63) is 24.2 Å². The summed E-state index contributed by atoms with van der Waals surface area (Å²) in [5, 5.41) is 0. The highest BCUT2D eigenvalue weighted by Crippen LogP contribution is 2.14. The normalized spacial score (nSPS) is 23.6. The van der Waals surface area contributed by atoms with Crippen LogP contribution < -0.4 is 17.6 Å². The molecule has 0 bridgehead atoms. The van der Waals surface area contributed by atoms with E-state index in [-0.39, 0.29) is 18.2 Å². The Balaban J connectivity index is 0.000000267. The Morgan fingerprint density at radius 1 is 1.25 bits per heavy atom. The van der Waals surface area contributed by atoms with Crippen LogP contribution in [0.2, 0.25) is 0 Å². The van der Waals surface area contributed by atoms with Gasteiger partial charge in [-0.25, -0.2) is 0 Å². The lowest BCUT2D eigenvalue weighted by molar-refractivity contribution is 0.110. The Morgan fingerprint density at radius 2 is 1.81 bits per heavy atom. The number of hydrogen-bond donors (Lipinski definition) is 3. The number of furan rings is 1. The van der Waals surface area contributed by atoms with Gasteiger partial charge in [0.2, 0.25) is 0 Å². The summed E-state index contributed by atoms with van der Waals surface area (Å²) in [5.41, 5.74) is 11.3. The molecule has 0 aromatic carbocycles. The maximum atomic E-state index is 9.77. The van der Waals surface area contributed by atoms with Gasteiger partial charge in [0.1, 0.15) is 0 Å². The van der Waals surface area contributed by atoms with E-state index >= 15 is 0 Å². The van der Waals surface area contributed by atoms with Crippen molar-refractivity contribution < 1.29 is 9.21 Å². The summed E-state index contributed by atoms with van der Waals surface area (Å²) < 4.78 is 4.61. The first-order valence-corrected chi connectivity index (χ1v) is 5.24. The molecule has 0 radical (unpaired) electrons. The smallest absolute Gasteiger partial charge is 0.185 e. The molecule has 0 aliphatic heterocycles. The van der Waals surface area contributed by atoms with Crippen LogP contribution >= 0.6 is 0 Å². The number of hydrogen-bond acceptors (Lipinski definition) is 5. The molecule has 1 aliphatic rings. The molecule has 2 rings (SSSR count). The van der Waals surface area contributed by atoms with E-state index in [1.165, 1.54) is 19.1 Å². The molecule has 16 heavy (non-hydrogen) atoms. The predicted molar refractivity (Wildman–Crippen MR) is 63.5 cm³/mol. The highest BCUT2D eigenvalue weighted by molar-refractivity contribution is 5.69. The summed E-state index contributed by atoms with van der Waals surface area (Å²) in [6.07, 6.45) is 6.93. The van der Waals surface area contributed by atoms with Gasteiger partial charge >= 0.3 is 0 Å². The van der Waals surface area contributed by atoms with Gasteiger partial charge in [-0.15, -0.1) is 0 Å². The summed E-state index contributed by atoms with van der Waals surface area (Å²) in [5.74, 6) is 0.375. The quantitative estimate of drug-likeness (QED) is 0.628. The van der Waals surface area contributed by atoms with Crippen LogP contribution in [0.5, 0.6) is 0 Å². The van der Waals surface area contributed by atoms with Gasteiger partial charge < -0.3 is 22.0 Å². The minimum absolute atomic E-state index is 0. The van der Waals surface area contributed by atoms with E-state index in [0.29, 0.717) is 12.0 Å². The van der Waals surface area contributed by atoms with Gasteiger partial charge in [-0.2, -0.15) is 0 Å². The highest BCUT2D eigenvalue weighted by Gasteiger charge is 2.16. The molecular formula is C11H21N3O2. The molecule has 1 saturated carbocycles. The van der Waals surface area contributed by atoms with Crippen molar-refractivity contribution in [3.63, 3.8) is 0 Å². The zero-order valence-corrected chi connectivity index (χ0v) is 9.47. The van der Waals surface area contributed by atoms with Crippen LogP contribution in [-0.2, 0) is 0 Å². The van der Waals surface area contributed by atoms with Gasteiger partial charge in [0.05, 0.1) is 6.26 Å². The maximum Gasteiger partial charge on any atom is 0.185 e. The van der Waals surface area contributed by atoms with Crippen molar-refractivity contribution in [3.8, 4) is 0 Å². The average molecular weight is 227 g/mol. The molecule has 1 aliphatic carbocycles. The zero-order valence-electron chi connectivity index (χ0n) is 9.47. The topological polar surface area (TPSA) is 117 Å². The van der Waals surface area contributed by atoms with Crippen LogP contribution in [0.25, 0.3) is 0 Å². The zero-order chi connectivity index (χ0) is 11.1. The van der Waals surface area contributed by atoms with Gasteiger partial charge in [0, 0.05) is 12.1 Å². The highest BCUT2D eigenvalue weighted by atomic mass is 16.3. The van der Waals surface area contributed by atoms with Crippen LogP contribution in [0.4, 0.5) is 0 Å². The number of rotatable bonds is 1. The molecule has 1 aromatic heterocycles. The molecule has 0 saturated heterocycles. The van der Waals surface area contributed by atoms with Crippen molar-refractivity contribution in [2.75, 3.05) is 0 Å². The third-order valence-corrected chi connectivity index (χ3v) is 2.53. The Hall–Kier alpha value is -1.17. The van der Waals surface area contributed by atoms with Crippen molar-refractivity contribution in [2.24, 2.45) is 11.5 Å². The third-order valence-electron chi connectivity index (χ3n) is 2.53. The first kappa shape index (κ1) is 14.8. The average Bonchev–Trinajstić information content (AvgIpc) is 2.76. The lowest BCUT2D eigenvalue weighted by Gasteiger charge is -2.24. The van der Waals surface area contributed by atoms with Crippen LogP contribution in [-0.4, -0.2) is 18.4 Å². The molecule has 7 N–H and O–H groups in total. The van der Waals surface area contributed by atoms with Gasteiger partial charge in [-0.1, -0.05) is 12.8 Å². The van der Waals surface area contributed by atoms with Crippen LogP contribution in [0.1, 0.15) is 36.2 Å². The number of carbonyl (C=O) groups excluding carboxylic acids is 1. The first-order valence-electron chi connectivity index (χ1n) is 5.24. The van der Waals surface area contributed by atoms with Gasteiger partial charge in [-0.05, 0) is 25.0 Å². The van der Waals surface area contributed by atoms with E-state index in [4.69, 9.17) is 11.5 Å². The second-order valence-corrected chi connectivity index (χ2v) is 3.75. The first-order chi connectivity index (χ1) is 7.24. The number of aldehydes is 1. The summed E-state index contributed by atoms with van der Waals surface area (Å²) in [4.78, 5) is 9.77. The minimum Gasteiger partial charge on any atom is -0.462 e. The molecule has 0 amide bonds. The molecule has 1 heterocycles. The lowest BCUT2D eigenvalue weighted by Crippen LogP contribution is -2.43. The summed E-state index contributed by atoms with van der Waals surface area (Å²) in [6.45, 7) is 0. The van der Waals surface area contributed by atoms with Crippen molar-refractivity contribution in [1.82, 2.24) is 6.15 Å². The second-order valence-electron chi connectivity index (χ2n) is 3.75. The summed E-state index contributed by atoms with van der Waals surface area (Å²) >= 11 is 0. The largest absolute Gasteiger partial charge is 0.462 e. The Morgan fingerprint density at radius 3 is 2.06 bits per heavy atom. The molecule has 5 nitrogen and oxygen atoms in total. The second kappa shape index (κ2) is 8.04. The van der Waals surface area contributed by atoms with Crippen molar-refractivity contribution >= 4 is 6.29 Å². The Kier molecular flexibility index (Phi) is 7.45. The fraction of sp³-hybridized carbons (Fsp3) is 0.545. The number of nitrogens with two attached hydrogens (primary N) is 2.